The molecule has 0 aliphatic heterocycles. The highest BCUT2D eigenvalue weighted by Crippen LogP contribution is 2.14. The first-order valence-electron chi connectivity index (χ1n) is 7.26. The zero-order valence-corrected chi connectivity index (χ0v) is 12.1. The third-order valence-electron chi connectivity index (χ3n) is 3.16. The molecule has 0 atom stereocenters. The molecule has 0 radical (unpaired) electrons. The van der Waals surface area contributed by atoms with Crippen LogP contribution in [0.4, 0.5) is 0 Å². The number of nitrogens with one attached hydrogen (secondary N) is 2. The molecule has 0 amide bonds. The smallest absolute Gasteiger partial charge is 0.120 e. The van der Waals surface area contributed by atoms with E-state index in [9.17, 15) is 5.11 Å². The van der Waals surface area contributed by atoms with Gasteiger partial charge in [-0.25, -0.2) is 0 Å². The van der Waals surface area contributed by atoms with Crippen molar-refractivity contribution >= 4 is 6.08 Å². The van der Waals surface area contributed by atoms with Gasteiger partial charge in [-0.2, -0.15) is 0 Å². The Balaban J connectivity index is 1.55. The fourth-order valence-electron chi connectivity index (χ4n) is 2.00. The number of rotatable bonds is 8. The Kier molecular flexibility index (Phi) is 6.52. The second-order valence-electron chi connectivity index (χ2n) is 4.82. The second-order valence-corrected chi connectivity index (χ2v) is 4.82. The lowest BCUT2D eigenvalue weighted by Gasteiger charge is -2.06. The van der Waals surface area contributed by atoms with E-state index in [0.29, 0.717) is 12.3 Å². The molecular formula is C18H22N2O. The number of hydrogen-bond acceptors (Lipinski definition) is 3. The quantitative estimate of drug-likeness (QED) is 0.652. The van der Waals surface area contributed by atoms with E-state index < -0.39 is 0 Å². The highest BCUT2D eigenvalue weighted by molar-refractivity contribution is 5.48. The first kappa shape index (κ1) is 15.3. The van der Waals surface area contributed by atoms with Gasteiger partial charge in [-0.15, -0.1) is 0 Å². The van der Waals surface area contributed by atoms with Crippen LogP contribution in [-0.2, 0) is 6.54 Å². The summed E-state index contributed by atoms with van der Waals surface area (Å²) in [5.74, 6) is 0.351. The van der Waals surface area contributed by atoms with Crippen molar-refractivity contribution < 1.29 is 5.11 Å². The van der Waals surface area contributed by atoms with Gasteiger partial charge < -0.3 is 15.7 Å². The van der Waals surface area contributed by atoms with Crippen molar-refractivity contribution in [3.8, 4) is 5.75 Å². The van der Waals surface area contributed by atoms with Crippen molar-refractivity contribution in [1.82, 2.24) is 10.6 Å². The summed E-state index contributed by atoms with van der Waals surface area (Å²) >= 11 is 0. The maximum Gasteiger partial charge on any atom is 0.120 e. The molecule has 21 heavy (non-hydrogen) atoms. The fraction of sp³-hybridized carbons (Fsp3) is 0.222. The van der Waals surface area contributed by atoms with Gasteiger partial charge in [0.15, 0.2) is 0 Å². The van der Waals surface area contributed by atoms with Crippen LogP contribution in [0.5, 0.6) is 5.75 Å². The summed E-state index contributed by atoms with van der Waals surface area (Å²) in [4.78, 5) is 0. The molecule has 2 rings (SSSR count). The molecule has 2 aromatic rings. The van der Waals surface area contributed by atoms with Gasteiger partial charge >= 0.3 is 0 Å². The van der Waals surface area contributed by atoms with Crippen LogP contribution >= 0.6 is 0 Å². The standard InChI is InChI=1S/C18H22N2O/c21-18-11-5-4-10-17(18)15-20-14-13-19-12-6-9-16-7-2-1-3-8-16/h1-11,19-21H,12-15H2. The van der Waals surface area contributed by atoms with E-state index in [1.165, 1.54) is 5.56 Å². The van der Waals surface area contributed by atoms with Gasteiger partial charge in [0, 0.05) is 31.7 Å². The molecule has 0 aliphatic rings. The summed E-state index contributed by atoms with van der Waals surface area (Å²) in [5, 5.41) is 16.3. The first-order chi connectivity index (χ1) is 10.4. The van der Waals surface area contributed by atoms with Crippen LogP contribution < -0.4 is 10.6 Å². The van der Waals surface area contributed by atoms with Gasteiger partial charge in [0.05, 0.1) is 0 Å². The number of para-hydroxylation sites is 1. The predicted octanol–water partition coefficient (Wildman–Crippen LogP) is 2.78. The summed E-state index contributed by atoms with van der Waals surface area (Å²) < 4.78 is 0. The molecule has 0 bridgehead atoms. The molecule has 2 aromatic carbocycles. The largest absolute Gasteiger partial charge is 0.508 e. The van der Waals surface area contributed by atoms with Crippen LogP contribution in [0.2, 0.25) is 0 Å². The first-order valence-corrected chi connectivity index (χ1v) is 7.26. The minimum absolute atomic E-state index is 0.351. The number of phenols is 1. The minimum atomic E-state index is 0.351. The number of benzene rings is 2. The van der Waals surface area contributed by atoms with Gasteiger partial charge in [-0.05, 0) is 11.6 Å². The van der Waals surface area contributed by atoms with Crippen molar-refractivity contribution in [2.75, 3.05) is 19.6 Å². The molecule has 3 nitrogen and oxygen atoms in total. The van der Waals surface area contributed by atoms with Gasteiger partial charge in [0.25, 0.3) is 0 Å². The van der Waals surface area contributed by atoms with Crippen LogP contribution in [0, 0.1) is 0 Å². The number of phenolic OH excluding ortho intramolecular Hbond substituents is 1. The van der Waals surface area contributed by atoms with Crippen molar-refractivity contribution in [1.29, 1.82) is 0 Å². The highest BCUT2D eigenvalue weighted by Gasteiger charge is 1.97. The van der Waals surface area contributed by atoms with E-state index in [-0.39, 0.29) is 0 Å². The molecule has 3 heteroatoms. The number of hydrogen-bond donors (Lipinski definition) is 3. The van der Waals surface area contributed by atoms with E-state index in [1.807, 2.05) is 36.4 Å². The van der Waals surface area contributed by atoms with Crippen molar-refractivity contribution in [3.63, 3.8) is 0 Å². The minimum Gasteiger partial charge on any atom is -0.508 e. The molecule has 0 aliphatic carbocycles. The maximum absolute atomic E-state index is 9.63. The summed E-state index contributed by atoms with van der Waals surface area (Å²) in [6.07, 6.45) is 4.24. The molecule has 0 heterocycles. The average molecular weight is 282 g/mol. The average Bonchev–Trinajstić information content (AvgIpc) is 2.52. The molecule has 0 saturated heterocycles. The highest BCUT2D eigenvalue weighted by atomic mass is 16.3. The third kappa shape index (κ3) is 5.81. The van der Waals surface area contributed by atoms with Crippen LogP contribution in [0.3, 0.4) is 0 Å². The van der Waals surface area contributed by atoms with E-state index in [2.05, 4.69) is 34.9 Å². The normalized spacial score (nSPS) is 11.0. The molecule has 0 saturated carbocycles. The Morgan fingerprint density at radius 2 is 1.57 bits per heavy atom. The predicted molar refractivity (Wildman–Crippen MR) is 88.2 cm³/mol. The van der Waals surface area contributed by atoms with E-state index in [1.54, 1.807) is 6.07 Å². The monoisotopic (exact) mass is 282 g/mol. The summed E-state index contributed by atoms with van der Waals surface area (Å²) in [6.45, 7) is 3.31. The second kappa shape index (κ2) is 8.95. The Morgan fingerprint density at radius 3 is 2.38 bits per heavy atom. The SMILES string of the molecule is Oc1ccccc1CNCCNCC=Cc1ccccc1. The van der Waals surface area contributed by atoms with Crippen molar-refractivity contribution in [3.05, 3.63) is 71.8 Å². The van der Waals surface area contributed by atoms with Crippen LogP contribution in [0.15, 0.2) is 60.7 Å². The summed E-state index contributed by atoms with van der Waals surface area (Å²) in [6, 6.07) is 17.7. The molecule has 0 fully saturated rings. The Labute approximate surface area is 126 Å². The lowest BCUT2D eigenvalue weighted by molar-refractivity contribution is 0.464. The fourth-order valence-corrected chi connectivity index (χ4v) is 2.00. The Bertz CT molecular complexity index is 552. The van der Waals surface area contributed by atoms with Crippen LogP contribution in [0.25, 0.3) is 6.08 Å². The topological polar surface area (TPSA) is 44.3 Å². The Morgan fingerprint density at radius 1 is 0.857 bits per heavy atom. The molecule has 0 spiro atoms. The van der Waals surface area contributed by atoms with Gasteiger partial charge in [-0.3, -0.25) is 0 Å². The van der Waals surface area contributed by atoms with E-state index in [4.69, 9.17) is 0 Å². The third-order valence-corrected chi connectivity index (χ3v) is 3.16. The molecule has 3 N–H and O–H groups in total. The molecule has 110 valence electrons. The molecular weight excluding hydrogens is 260 g/mol. The molecule has 0 aromatic heterocycles. The number of aromatic hydroxyl groups is 1. The zero-order valence-electron chi connectivity index (χ0n) is 12.1. The van der Waals surface area contributed by atoms with Crippen molar-refractivity contribution in [2.45, 2.75) is 6.54 Å². The van der Waals surface area contributed by atoms with Gasteiger partial charge in [-0.1, -0.05) is 60.7 Å². The summed E-state index contributed by atoms with van der Waals surface area (Å²) in [7, 11) is 0. The van der Waals surface area contributed by atoms with Gasteiger partial charge in [0.1, 0.15) is 5.75 Å². The van der Waals surface area contributed by atoms with Crippen LogP contribution in [0.1, 0.15) is 11.1 Å². The van der Waals surface area contributed by atoms with Gasteiger partial charge in [0.2, 0.25) is 0 Å². The van der Waals surface area contributed by atoms with Crippen molar-refractivity contribution in [2.24, 2.45) is 0 Å². The Hall–Kier alpha value is -2.10. The zero-order chi connectivity index (χ0) is 14.8. The van der Waals surface area contributed by atoms with Crippen LogP contribution in [-0.4, -0.2) is 24.7 Å². The lowest BCUT2D eigenvalue weighted by Crippen LogP contribution is -2.27. The maximum atomic E-state index is 9.63. The summed E-state index contributed by atoms with van der Waals surface area (Å²) in [5.41, 5.74) is 2.15. The van der Waals surface area contributed by atoms with E-state index in [0.717, 1.165) is 25.2 Å². The molecule has 0 unspecified atom stereocenters. The lowest BCUT2D eigenvalue weighted by atomic mass is 10.2. The van der Waals surface area contributed by atoms with E-state index >= 15 is 0 Å².